The van der Waals surface area contributed by atoms with Crippen molar-refractivity contribution in [3.63, 3.8) is 0 Å². The van der Waals surface area contributed by atoms with Crippen molar-refractivity contribution in [2.75, 3.05) is 23.1 Å². The summed E-state index contributed by atoms with van der Waals surface area (Å²) >= 11 is 14.9. The van der Waals surface area contributed by atoms with E-state index in [2.05, 4.69) is 47.2 Å². The number of nitrogens with two attached hydrogens (primary N) is 1. The van der Waals surface area contributed by atoms with Gasteiger partial charge >= 0.3 is 0 Å². The highest BCUT2D eigenvalue weighted by Gasteiger charge is 2.43. The third kappa shape index (κ3) is 6.11. The van der Waals surface area contributed by atoms with Gasteiger partial charge in [0.05, 0.1) is 21.3 Å². The molecule has 3 aromatic rings. The Hall–Kier alpha value is -1.78. The molecule has 1 aliphatic carbocycles. The topological polar surface area (TPSA) is 113 Å². The van der Waals surface area contributed by atoms with Crippen molar-refractivity contribution < 1.29 is 4.74 Å². The maximum Gasteiger partial charge on any atom is 0.151 e. The number of aromatic nitrogens is 3. The molecule has 4 N–H and O–H groups in total. The quantitative estimate of drug-likeness (QED) is 0.130. The number of nitrogens with one attached hydrogen (secondary N) is 2. The molecule has 0 bridgehead atoms. The Bertz CT molecular complexity index is 1280. The number of halogens is 3. The van der Waals surface area contributed by atoms with E-state index in [-0.39, 0.29) is 11.3 Å². The molecule has 1 saturated carbocycles. The third-order valence-electron chi connectivity index (χ3n) is 6.69. The lowest BCUT2D eigenvalue weighted by Gasteiger charge is -2.48. The van der Waals surface area contributed by atoms with Gasteiger partial charge in [-0.25, -0.2) is 0 Å². The molecular formula is C25H27Cl2IN7OP. The number of ether oxygens (including phenoxy) is 1. The first-order valence-corrected chi connectivity index (χ1v) is 16.8. The number of pyridine rings is 1. The number of hydrogen-bond donors (Lipinski definition) is 3. The first-order chi connectivity index (χ1) is 17.8. The zero-order chi connectivity index (χ0) is 26.2. The fourth-order valence-corrected chi connectivity index (χ4v) is 6.57. The molecular weight excluding hydrogens is 643 g/mol. The lowest BCUT2D eigenvalue weighted by Crippen LogP contribution is -2.68. The van der Waals surface area contributed by atoms with Gasteiger partial charge < -0.3 is 20.5 Å². The molecule has 3 heterocycles. The predicted molar refractivity (Wildman–Crippen MR) is 160 cm³/mol. The van der Waals surface area contributed by atoms with Crippen LogP contribution in [0.25, 0.3) is 0 Å². The van der Waals surface area contributed by atoms with Crippen LogP contribution >= 0.6 is 51.6 Å². The average Bonchev–Trinajstić information content (AvgIpc) is 3.67. The summed E-state index contributed by atoms with van der Waals surface area (Å²) < 4.78 is 6.17. The summed E-state index contributed by atoms with van der Waals surface area (Å²) in [6, 6.07) is 9.33. The molecule has 1 aliphatic heterocycles. The van der Waals surface area contributed by atoms with Gasteiger partial charge in [-0.2, -0.15) is 0 Å². The van der Waals surface area contributed by atoms with Gasteiger partial charge in [0, 0.05) is 48.7 Å². The molecule has 0 radical (unpaired) electrons. The summed E-state index contributed by atoms with van der Waals surface area (Å²) in [5, 5.41) is 21.9. The number of anilines is 2. The fourth-order valence-electron chi connectivity index (χ4n) is 4.70. The fraction of sp³-hybridized carbons (Fsp3) is 0.360. The molecule has 2 atom stereocenters. The number of benzene rings is 1. The van der Waals surface area contributed by atoms with Gasteiger partial charge in [-0.05, 0) is 71.6 Å². The summed E-state index contributed by atoms with van der Waals surface area (Å²) in [5.41, 5.74) is 9.27. The van der Waals surface area contributed by atoms with Crippen molar-refractivity contribution in [1.82, 2.24) is 15.2 Å². The number of rotatable bonds is 10. The molecule has 8 nitrogen and oxygen atoms in total. The maximum atomic E-state index is 8.90. The van der Waals surface area contributed by atoms with Crippen molar-refractivity contribution in [3.8, 4) is 5.75 Å². The van der Waals surface area contributed by atoms with Crippen LogP contribution in [0.5, 0.6) is 5.75 Å². The van der Waals surface area contributed by atoms with Gasteiger partial charge in [0.15, 0.2) is 5.82 Å². The first-order valence-electron chi connectivity index (χ1n) is 11.9. The number of hydrogen-bond acceptors (Lipinski definition) is 8. The van der Waals surface area contributed by atoms with Crippen LogP contribution in [0.3, 0.4) is 0 Å². The van der Waals surface area contributed by atoms with E-state index in [0.717, 1.165) is 36.9 Å². The van der Waals surface area contributed by atoms with Gasteiger partial charge in [0.25, 0.3) is 0 Å². The maximum absolute atomic E-state index is 8.90. The van der Waals surface area contributed by atoms with Gasteiger partial charge in [0.2, 0.25) is 0 Å². The van der Waals surface area contributed by atoms with Crippen LogP contribution in [0.4, 0.5) is 11.5 Å². The molecule has 1 aromatic carbocycles. The van der Waals surface area contributed by atoms with Crippen molar-refractivity contribution in [2.24, 2.45) is 11.7 Å². The second-order valence-electron chi connectivity index (χ2n) is 9.72. The van der Waals surface area contributed by atoms with Gasteiger partial charge in [-0.1, -0.05) is 36.0 Å². The largest absolute Gasteiger partial charge is 0.486 e. The minimum atomic E-state index is -0.416. The summed E-state index contributed by atoms with van der Waals surface area (Å²) in [5.74, 6) is 2.17. The molecule has 0 amide bonds. The van der Waals surface area contributed by atoms with Gasteiger partial charge in [-0.15, -0.1) is 10.2 Å². The van der Waals surface area contributed by atoms with Crippen molar-refractivity contribution in [2.45, 2.75) is 37.8 Å². The second-order valence-corrected chi connectivity index (χ2v) is 12.6. The molecule has 1 unspecified atom stereocenters. The minimum Gasteiger partial charge on any atom is -0.486 e. The highest BCUT2D eigenvalue weighted by Crippen LogP contribution is 2.40. The summed E-state index contributed by atoms with van der Waals surface area (Å²) in [6.45, 7) is 3.46. The van der Waals surface area contributed by atoms with E-state index >= 15 is 0 Å². The lowest BCUT2D eigenvalue weighted by molar-refractivity contribution is 0.227. The Balaban J connectivity index is 1.32. The monoisotopic (exact) mass is 669 g/mol. The van der Waals surface area contributed by atoms with Crippen LogP contribution < -0.4 is 20.5 Å². The molecule has 2 fully saturated rings. The summed E-state index contributed by atoms with van der Waals surface area (Å²) in [6.07, 6.45) is 6.80. The van der Waals surface area contributed by atoms with Crippen LogP contribution in [0.2, 0.25) is 10.0 Å². The Morgan fingerprint density at radius 1 is 1.24 bits per heavy atom. The highest BCUT2D eigenvalue weighted by atomic mass is 127. The predicted octanol–water partition coefficient (Wildman–Crippen LogP) is 6.41. The number of nitrogens with zero attached hydrogens (tertiary/aromatic N) is 4. The van der Waals surface area contributed by atoms with Crippen molar-refractivity contribution >= 4 is 68.8 Å². The van der Waals surface area contributed by atoms with Crippen LogP contribution in [0.15, 0.2) is 42.7 Å². The van der Waals surface area contributed by atoms with Crippen LogP contribution in [0, 0.1) is 11.3 Å². The van der Waals surface area contributed by atoms with E-state index in [1.807, 2.05) is 37.3 Å². The molecule has 2 aliphatic rings. The normalized spacial score (nSPS) is 17.5. The molecule has 12 heteroatoms. The Kier molecular flexibility index (Phi) is 8.07. The zero-order valence-electron chi connectivity index (χ0n) is 20.1. The summed E-state index contributed by atoms with van der Waals surface area (Å²) in [4.78, 5) is 6.16. The van der Waals surface area contributed by atoms with E-state index in [0.29, 0.717) is 39.0 Å². The van der Waals surface area contributed by atoms with E-state index in [4.69, 9.17) is 39.1 Å². The van der Waals surface area contributed by atoms with Crippen molar-refractivity contribution in [3.05, 3.63) is 69.6 Å². The van der Waals surface area contributed by atoms with E-state index in [1.54, 1.807) is 12.4 Å². The molecule has 5 rings (SSSR count). The van der Waals surface area contributed by atoms with E-state index in [9.17, 15) is 0 Å². The Labute approximate surface area is 240 Å². The first kappa shape index (κ1) is 26.8. The van der Waals surface area contributed by atoms with Crippen molar-refractivity contribution in [1.29, 1.82) is 5.41 Å². The van der Waals surface area contributed by atoms with Crippen LogP contribution in [-0.2, 0) is 0 Å². The van der Waals surface area contributed by atoms with Gasteiger partial charge in [0.1, 0.15) is 17.5 Å². The second kappa shape index (κ2) is 11.1. The molecule has 2 aromatic heterocycles. The average molecular weight is 670 g/mol. The summed E-state index contributed by atoms with van der Waals surface area (Å²) in [7, 11) is 0. The molecule has 1 saturated heterocycles. The molecule has 37 heavy (non-hydrogen) atoms. The zero-order valence-corrected chi connectivity index (χ0v) is 24.8. The minimum absolute atomic E-state index is 0.114. The molecule has 0 spiro atoms. The SMILES string of the molecule is C[C@@H](Oc1ccc(NPI)c(C(=N)c2ccc(N3CC(N)(CC4CC4)C3)nn2)c1)c1c(Cl)cncc1Cl. The Morgan fingerprint density at radius 3 is 2.59 bits per heavy atom. The van der Waals surface area contributed by atoms with Crippen LogP contribution in [-0.4, -0.2) is 39.5 Å². The van der Waals surface area contributed by atoms with Crippen LogP contribution in [0.1, 0.15) is 49.1 Å². The Morgan fingerprint density at radius 2 is 1.97 bits per heavy atom. The standard InChI is InChI=1S/C25H27Cl2IN7OP/c1-14(23-18(26)10-31-11-19(23)27)36-16-4-5-20(34-37-28)17(8-16)24(29)21-6-7-22(33-32-21)35-12-25(30,13-35)9-15-2-3-15/h4-8,10-11,14-15,29,34,37H,2-3,9,12-13,30H2,1H3/t14-/m1/s1. The smallest absolute Gasteiger partial charge is 0.151 e. The molecule has 194 valence electrons. The van der Waals surface area contributed by atoms with E-state index in [1.165, 1.54) is 12.8 Å². The third-order valence-corrected chi connectivity index (χ3v) is 8.46. The van der Waals surface area contributed by atoms with E-state index < -0.39 is 6.10 Å². The highest BCUT2D eigenvalue weighted by molar-refractivity contribution is 14.2. The lowest BCUT2D eigenvalue weighted by atomic mass is 9.85. The van der Waals surface area contributed by atoms with Gasteiger partial charge in [-0.3, -0.25) is 10.4 Å².